The number of rotatable bonds is 7. The molecule has 12 rings (SSSR count). The van der Waals surface area contributed by atoms with E-state index in [1.165, 1.54) is 38.1 Å². The van der Waals surface area contributed by atoms with Crippen LogP contribution >= 0.6 is 0 Å². The Morgan fingerprint density at radius 1 is 0.295 bits per heavy atom. The summed E-state index contributed by atoms with van der Waals surface area (Å²) in [5, 5.41) is 7.11. The molecule has 0 saturated carbocycles. The van der Waals surface area contributed by atoms with E-state index < -0.39 is 0 Å². The van der Waals surface area contributed by atoms with E-state index in [2.05, 4.69) is 228 Å². The third-order valence-corrected chi connectivity index (χ3v) is 12.1. The number of hydrogen-bond donors (Lipinski definition) is 0. The molecule has 0 aliphatic carbocycles. The van der Waals surface area contributed by atoms with E-state index in [1.54, 1.807) is 0 Å². The second-order valence-corrected chi connectivity index (χ2v) is 15.8. The van der Waals surface area contributed by atoms with Gasteiger partial charge in [0.1, 0.15) is 11.2 Å². The zero-order valence-electron chi connectivity index (χ0n) is 33.2. The van der Waals surface area contributed by atoms with Crippen LogP contribution in [0.15, 0.2) is 235 Å². The minimum absolute atomic E-state index is 0.896. The van der Waals surface area contributed by atoms with Crippen LogP contribution in [-0.2, 0) is 0 Å². The van der Waals surface area contributed by atoms with Crippen LogP contribution in [0.5, 0.6) is 0 Å². The fraction of sp³-hybridized carbons (Fsp3) is 0. The molecule has 3 heteroatoms. The molecular formula is C58H38N2O. The molecule has 0 aliphatic heterocycles. The van der Waals surface area contributed by atoms with Crippen molar-refractivity contribution < 1.29 is 4.42 Å². The summed E-state index contributed by atoms with van der Waals surface area (Å²) in [6.45, 7) is 0. The minimum atomic E-state index is 0.896. The van der Waals surface area contributed by atoms with Gasteiger partial charge in [0.05, 0.1) is 11.0 Å². The van der Waals surface area contributed by atoms with Crippen molar-refractivity contribution in [1.82, 2.24) is 4.57 Å². The van der Waals surface area contributed by atoms with E-state index in [0.29, 0.717) is 0 Å². The summed E-state index contributed by atoms with van der Waals surface area (Å²) in [6, 6.07) is 83.1. The normalized spacial score (nSPS) is 11.6. The molecule has 0 amide bonds. The van der Waals surface area contributed by atoms with Gasteiger partial charge < -0.3 is 13.9 Å². The summed E-state index contributed by atoms with van der Waals surface area (Å²) in [4.78, 5) is 2.32. The minimum Gasteiger partial charge on any atom is -0.456 e. The Bertz CT molecular complexity index is 3540. The van der Waals surface area contributed by atoms with Crippen LogP contribution in [0, 0.1) is 0 Å². The highest BCUT2D eigenvalue weighted by molar-refractivity contribution is 6.10. The molecule has 2 heterocycles. The fourth-order valence-corrected chi connectivity index (χ4v) is 9.19. The van der Waals surface area contributed by atoms with Crippen LogP contribution in [0.3, 0.4) is 0 Å². The number of benzene rings is 10. The number of para-hydroxylation sites is 5. The second-order valence-electron chi connectivity index (χ2n) is 15.8. The quantitative estimate of drug-likeness (QED) is 0.161. The molecule has 61 heavy (non-hydrogen) atoms. The lowest BCUT2D eigenvalue weighted by atomic mass is 9.91. The highest BCUT2D eigenvalue weighted by Gasteiger charge is 2.17. The molecule has 12 aromatic rings. The van der Waals surface area contributed by atoms with Crippen LogP contribution in [0.25, 0.3) is 93.6 Å². The third kappa shape index (κ3) is 6.06. The Morgan fingerprint density at radius 3 is 1.56 bits per heavy atom. The molecule has 10 aromatic carbocycles. The van der Waals surface area contributed by atoms with Crippen LogP contribution in [-0.4, -0.2) is 4.57 Å². The average molecular weight is 779 g/mol. The van der Waals surface area contributed by atoms with Crippen molar-refractivity contribution in [3.8, 4) is 39.1 Å². The molecule has 0 spiro atoms. The Labute approximate surface area is 353 Å². The maximum absolute atomic E-state index is 6.25. The van der Waals surface area contributed by atoms with E-state index in [1.807, 2.05) is 12.1 Å². The number of anilines is 3. The first-order chi connectivity index (χ1) is 30.2. The lowest BCUT2D eigenvalue weighted by Crippen LogP contribution is -2.09. The van der Waals surface area contributed by atoms with Gasteiger partial charge in [-0.3, -0.25) is 0 Å². The van der Waals surface area contributed by atoms with Gasteiger partial charge in [-0.05, 0) is 147 Å². The van der Waals surface area contributed by atoms with Crippen molar-refractivity contribution in [2.45, 2.75) is 0 Å². The molecule has 286 valence electrons. The van der Waals surface area contributed by atoms with E-state index in [9.17, 15) is 0 Å². The van der Waals surface area contributed by atoms with Crippen molar-refractivity contribution in [2.24, 2.45) is 0 Å². The Balaban J connectivity index is 1.02. The van der Waals surface area contributed by atoms with Crippen molar-refractivity contribution in [2.75, 3.05) is 4.90 Å². The summed E-state index contributed by atoms with van der Waals surface area (Å²) in [6.07, 6.45) is 0. The second kappa shape index (κ2) is 14.3. The molecule has 0 radical (unpaired) electrons. The molecule has 0 N–H and O–H groups in total. The predicted molar refractivity (Wildman–Crippen MR) is 257 cm³/mol. The van der Waals surface area contributed by atoms with E-state index in [4.69, 9.17) is 4.42 Å². The van der Waals surface area contributed by atoms with Gasteiger partial charge in [-0.25, -0.2) is 0 Å². The summed E-state index contributed by atoms with van der Waals surface area (Å²) in [7, 11) is 0. The Kier molecular flexibility index (Phi) is 8.17. The van der Waals surface area contributed by atoms with Crippen LogP contribution in [0.2, 0.25) is 0 Å². The van der Waals surface area contributed by atoms with Gasteiger partial charge in [0, 0.05) is 44.3 Å². The van der Waals surface area contributed by atoms with Gasteiger partial charge in [0.15, 0.2) is 0 Å². The van der Waals surface area contributed by atoms with Crippen molar-refractivity contribution in [1.29, 1.82) is 0 Å². The molecule has 0 aliphatic rings. The van der Waals surface area contributed by atoms with Gasteiger partial charge in [0.2, 0.25) is 0 Å². The molecule has 0 fully saturated rings. The number of aromatic nitrogens is 1. The first-order valence-electron chi connectivity index (χ1n) is 20.8. The Morgan fingerprint density at radius 2 is 0.820 bits per heavy atom. The highest BCUT2D eigenvalue weighted by atomic mass is 16.3. The van der Waals surface area contributed by atoms with Gasteiger partial charge in [-0.15, -0.1) is 0 Å². The number of hydrogen-bond acceptors (Lipinski definition) is 2. The lowest BCUT2D eigenvalue weighted by molar-refractivity contribution is 0.669. The molecular weight excluding hydrogens is 741 g/mol. The highest BCUT2D eigenvalue weighted by Crippen LogP contribution is 2.41. The zero-order chi connectivity index (χ0) is 40.3. The van der Waals surface area contributed by atoms with Crippen molar-refractivity contribution in [3.05, 3.63) is 231 Å². The third-order valence-electron chi connectivity index (χ3n) is 12.1. The SMILES string of the molecule is c1ccc(N(c2ccccc2)c2ccc3cc(-c4cc(-c5ccc6oc7ccccc7c6c5)cc(-c5ccc6c7ccccc7n(-c7ccccc7)c6c5)c4)ccc3c2)cc1. The molecule has 3 nitrogen and oxygen atoms in total. The molecule has 0 saturated heterocycles. The predicted octanol–water partition coefficient (Wildman–Crippen LogP) is 16.3. The first-order valence-corrected chi connectivity index (χ1v) is 20.8. The maximum Gasteiger partial charge on any atom is 0.135 e. The smallest absolute Gasteiger partial charge is 0.135 e. The molecule has 0 bridgehead atoms. The number of furan rings is 1. The van der Waals surface area contributed by atoms with Gasteiger partial charge in [-0.1, -0.05) is 127 Å². The van der Waals surface area contributed by atoms with E-state index in [-0.39, 0.29) is 0 Å². The molecule has 0 unspecified atom stereocenters. The van der Waals surface area contributed by atoms with Crippen LogP contribution in [0.4, 0.5) is 17.1 Å². The summed E-state index contributed by atoms with van der Waals surface area (Å²) >= 11 is 0. The van der Waals surface area contributed by atoms with Crippen molar-refractivity contribution >= 4 is 71.6 Å². The standard InChI is InChI=1S/C58H38N2O/c1-4-14-47(15-5-1)59(48-16-6-2-7-17-48)50-29-26-39-32-40(24-25-41(39)36-50)44-33-45(42-28-31-58-54(37-42)53-21-11-13-23-57(53)61-58)35-46(34-44)43-27-30-52-51-20-10-12-22-55(51)60(56(52)38-43)49-18-8-3-9-19-49/h1-38H. The first kappa shape index (κ1) is 34.9. The average Bonchev–Trinajstić information content (AvgIpc) is 3.87. The largest absolute Gasteiger partial charge is 0.456 e. The topological polar surface area (TPSA) is 21.3 Å². The van der Waals surface area contributed by atoms with Crippen LogP contribution in [0.1, 0.15) is 0 Å². The lowest BCUT2D eigenvalue weighted by Gasteiger charge is -2.25. The maximum atomic E-state index is 6.25. The Hall–Kier alpha value is -8.14. The van der Waals surface area contributed by atoms with Crippen molar-refractivity contribution in [3.63, 3.8) is 0 Å². The van der Waals surface area contributed by atoms with Gasteiger partial charge in [0.25, 0.3) is 0 Å². The van der Waals surface area contributed by atoms with Gasteiger partial charge in [-0.2, -0.15) is 0 Å². The van der Waals surface area contributed by atoms with Crippen LogP contribution < -0.4 is 4.90 Å². The zero-order valence-corrected chi connectivity index (χ0v) is 33.2. The molecule has 2 aromatic heterocycles. The van der Waals surface area contributed by atoms with Gasteiger partial charge >= 0.3 is 0 Å². The number of nitrogens with zero attached hydrogens (tertiary/aromatic N) is 2. The summed E-state index contributed by atoms with van der Waals surface area (Å²) in [5.41, 5.74) is 15.7. The summed E-state index contributed by atoms with van der Waals surface area (Å²) < 4.78 is 8.65. The summed E-state index contributed by atoms with van der Waals surface area (Å²) in [5.74, 6) is 0. The number of fused-ring (bicyclic) bond motifs is 7. The van der Waals surface area contributed by atoms with E-state index >= 15 is 0 Å². The van der Waals surface area contributed by atoms with E-state index in [0.717, 1.165) is 72.5 Å². The monoisotopic (exact) mass is 778 g/mol. The fourth-order valence-electron chi connectivity index (χ4n) is 9.19. The molecule has 0 atom stereocenters.